The molecule has 0 radical (unpaired) electrons. The van der Waals surface area contributed by atoms with Gasteiger partial charge in [-0.15, -0.1) is 0 Å². The zero-order valence-electron chi connectivity index (χ0n) is 8.55. The molecule has 0 rings (SSSR count). The molecule has 1 atom stereocenters. The maximum absolute atomic E-state index is 8.91. The Hall–Kier alpha value is -0.120. The molecule has 0 spiro atoms. The van der Waals surface area contributed by atoms with E-state index >= 15 is 0 Å². The van der Waals surface area contributed by atoms with Crippen molar-refractivity contribution < 1.29 is 9.84 Å². The molecule has 0 aliphatic rings. The van der Waals surface area contributed by atoms with Crippen LogP contribution in [0.4, 0.5) is 0 Å². The smallest absolute Gasteiger partial charge is 0.0647 e. The van der Waals surface area contributed by atoms with Crippen molar-refractivity contribution >= 4 is 0 Å². The Morgan fingerprint density at radius 1 is 1.50 bits per heavy atom. The number of ether oxygens (including phenoxy) is 1. The number of methoxy groups -OCH3 is 1. The molecule has 0 aromatic carbocycles. The van der Waals surface area contributed by atoms with Crippen molar-refractivity contribution in [3.63, 3.8) is 0 Å². The van der Waals surface area contributed by atoms with E-state index in [0.717, 1.165) is 6.42 Å². The molecule has 3 heteroatoms. The van der Waals surface area contributed by atoms with Gasteiger partial charge in [-0.25, -0.2) is 0 Å². The fourth-order valence-corrected chi connectivity index (χ4v) is 1.47. The van der Waals surface area contributed by atoms with Crippen molar-refractivity contribution in [1.29, 1.82) is 0 Å². The van der Waals surface area contributed by atoms with Crippen LogP contribution >= 0.6 is 0 Å². The Morgan fingerprint density at radius 2 is 2.08 bits per heavy atom. The fourth-order valence-electron chi connectivity index (χ4n) is 1.47. The van der Waals surface area contributed by atoms with E-state index in [2.05, 4.69) is 19.2 Å². The molecule has 0 aromatic heterocycles. The maximum atomic E-state index is 8.91. The van der Waals surface area contributed by atoms with Crippen LogP contribution in [0.5, 0.6) is 0 Å². The van der Waals surface area contributed by atoms with Crippen LogP contribution in [0.3, 0.4) is 0 Å². The first kappa shape index (κ1) is 11.9. The van der Waals surface area contributed by atoms with Crippen LogP contribution in [0, 0.1) is 5.92 Å². The van der Waals surface area contributed by atoms with Gasteiger partial charge in [0.15, 0.2) is 0 Å². The molecule has 0 bridgehead atoms. The van der Waals surface area contributed by atoms with E-state index in [0.29, 0.717) is 12.5 Å². The summed E-state index contributed by atoms with van der Waals surface area (Å²) in [4.78, 5) is 0. The molecule has 0 aromatic rings. The molecule has 3 nitrogen and oxygen atoms in total. The molecule has 0 saturated heterocycles. The summed E-state index contributed by atoms with van der Waals surface area (Å²) in [6.45, 7) is 5.10. The van der Waals surface area contributed by atoms with E-state index in [1.165, 1.54) is 0 Å². The average molecular weight is 175 g/mol. The van der Waals surface area contributed by atoms with E-state index in [9.17, 15) is 0 Å². The van der Waals surface area contributed by atoms with Gasteiger partial charge in [0.25, 0.3) is 0 Å². The Kier molecular flexibility index (Phi) is 5.46. The van der Waals surface area contributed by atoms with E-state index in [4.69, 9.17) is 9.84 Å². The summed E-state index contributed by atoms with van der Waals surface area (Å²) < 4.78 is 5.14. The molecule has 0 aliphatic carbocycles. The maximum Gasteiger partial charge on any atom is 0.0647 e. The van der Waals surface area contributed by atoms with E-state index < -0.39 is 0 Å². The highest BCUT2D eigenvalue weighted by Gasteiger charge is 2.31. The van der Waals surface area contributed by atoms with E-state index in [1.54, 1.807) is 7.11 Å². The van der Waals surface area contributed by atoms with Gasteiger partial charge >= 0.3 is 0 Å². The predicted octanol–water partition coefficient (Wildman–Crippen LogP) is 0.629. The van der Waals surface area contributed by atoms with Crippen LogP contribution in [0.25, 0.3) is 0 Å². The lowest BCUT2D eigenvalue weighted by atomic mass is 9.84. The number of likely N-dealkylation sites (N-methyl/N-ethyl adjacent to an activating group) is 1. The van der Waals surface area contributed by atoms with Gasteiger partial charge in [-0.1, -0.05) is 13.8 Å². The number of nitrogens with one attached hydrogen (secondary N) is 1. The molecular formula is C9H21NO2. The second kappa shape index (κ2) is 5.51. The second-order valence-corrected chi connectivity index (χ2v) is 3.47. The summed E-state index contributed by atoms with van der Waals surface area (Å²) in [5.41, 5.74) is -0.0799. The van der Waals surface area contributed by atoms with Crippen molar-refractivity contribution in [2.75, 3.05) is 27.4 Å². The third-order valence-electron chi connectivity index (χ3n) is 2.56. The molecule has 1 unspecified atom stereocenters. The first-order valence-electron chi connectivity index (χ1n) is 4.41. The van der Waals surface area contributed by atoms with Crippen LogP contribution < -0.4 is 5.32 Å². The number of hydrogen-bond acceptors (Lipinski definition) is 3. The molecule has 0 amide bonds. The molecule has 74 valence electrons. The molecule has 0 aliphatic heterocycles. The van der Waals surface area contributed by atoms with Crippen molar-refractivity contribution in [1.82, 2.24) is 5.32 Å². The molecule has 0 heterocycles. The van der Waals surface area contributed by atoms with Crippen LogP contribution in [0.15, 0.2) is 0 Å². The lowest BCUT2D eigenvalue weighted by molar-refractivity contribution is 0.0632. The Bertz CT molecular complexity index is 109. The molecule has 2 N–H and O–H groups in total. The summed E-state index contributed by atoms with van der Waals surface area (Å²) in [7, 11) is 3.60. The third kappa shape index (κ3) is 2.73. The highest BCUT2D eigenvalue weighted by molar-refractivity contribution is 4.89. The normalized spacial score (nSPS) is 16.5. The predicted molar refractivity (Wildman–Crippen MR) is 50.2 cm³/mol. The highest BCUT2D eigenvalue weighted by Crippen LogP contribution is 2.20. The first-order valence-corrected chi connectivity index (χ1v) is 4.41. The summed E-state index contributed by atoms with van der Waals surface area (Å²) in [5, 5.41) is 12.1. The minimum Gasteiger partial charge on any atom is -0.396 e. The van der Waals surface area contributed by atoms with Gasteiger partial charge < -0.3 is 15.2 Å². The molecular weight excluding hydrogens is 154 g/mol. The topological polar surface area (TPSA) is 41.5 Å². The monoisotopic (exact) mass is 175 g/mol. The fraction of sp³-hybridized carbons (Fsp3) is 1.00. The Balaban J connectivity index is 4.28. The number of aliphatic hydroxyl groups excluding tert-OH is 1. The largest absolute Gasteiger partial charge is 0.396 e. The van der Waals surface area contributed by atoms with Crippen LogP contribution in [-0.4, -0.2) is 38.0 Å². The molecule has 0 fully saturated rings. The minimum atomic E-state index is -0.0799. The van der Waals surface area contributed by atoms with Gasteiger partial charge in [0.1, 0.15) is 0 Å². The quantitative estimate of drug-likeness (QED) is 0.622. The summed E-state index contributed by atoms with van der Waals surface area (Å²) in [6, 6.07) is 0. The van der Waals surface area contributed by atoms with Crippen LogP contribution in [0.2, 0.25) is 0 Å². The first-order chi connectivity index (χ1) is 5.63. The van der Waals surface area contributed by atoms with Gasteiger partial charge in [0, 0.05) is 19.3 Å². The highest BCUT2D eigenvalue weighted by atomic mass is 16.5. The Morgan fingerprint density at radius 3 is 2.33 bits per heavy atom. The number of aliphatic hydroxyl groups is 1. The molecule has 12 heavy (non-hydrogen) atoms. The van der Waals surface area contributed by atoms with Crippen molar-refractivity contribution in [2.45, 2.75) is 25.8 Å². The zero-order chi connectivity index (χ0) is 9.61. The van der Waals surface area contributed by atoms with Gasteiger partial charge in [-0.05, 0) is 19.4 Å². The minimum absolute atomic E-state index is 0.0799. The van der Waals surface area contributed by atoms with Crippen LogP contribution in [0.1, 0.15) is 20.3 Å². The average Bonchev–Trinajstić information content (AvgIpc) is 2.03. The van der Waals surface area contributed by atoms with Gasteiger partial charge in [0.05, 0.1) is 6.61 Å². The summed E-state index contributed by atoms with van der Waals surface area (Å²) in [6.07, 6.45) is 0.731. The molecule has 0 saturated carbocycles. The zero-order valence-corrected chi connectivity index (χ0v) is 8.55. The van der Waals surface area contributed by atoms with Gasteiger partial charge in [0.2, 0.25) is 0 Å². The standard InChI is InChI=1S/C9H21NO2/c1-8(2)9(10-3,5-6-11)7-12-4/h8,10-11H,5-7H2,1-4H3. The van der Waals surface area contributed by atoms with E-state index in [-0.39, 0.29) is 12.1 Å². The third-order valence-corrected chi connectivity index (χ3v) is 2.56. The summed E-state index contributed by atoms with van der Waals surface area (Å²) in [5.74, 6) is 0.453. The lowest BCUT2D eigenvalue weighted by Crippen LogP contribution is -2.52. The van der Waals surface area contributed by atoms with Gasteiger partial charge in [-0.2, -0.15) is 0 Å². The summed E-state index contributed by atoms with van der Waals surface area (Å²) >= 11 is 0. The number of hydrogen-bond donors (Lipinski definition) is 2. The van der Waals surface area contributed by atoms with E-state index in [1.807, 2.05) is 7.05 Å². The Labute approximate surface area is 75.1 Å². The van der Waals surface area contributed by atoms with Crippen molar-refractivity contribution in [2.24, 2.45) is 5.92 Å². The van der Waals surface area contributed by atoms with Crippen molar-refractivity contribution in [3.8, 4) is 0 Å². The SMILES string of the molecule is CNC(CCO)(COC)C(C)C. The second-order valence-electron chi connectivity index (χ2n) is 3.47. The van der Waals surface area contributed by atoms with Crippen LogP contribution in [-0.2, 0) is 4.74 Å². The number of rotatable bonds is 6. The lowest BCUT2D eigenvalue weighted by Gasteiger charge is -2.36. The van der Waals surface area contributed by atoms with Crippen molar-refractivity contribution in [3.05, 3.63) is 0 Å². The van der Waals surface area contributed by atoms with Gasteiger partial charge in [-0.3, -0.25) is 0 Å².